The molecule has 134 valence electrons. The molecule has 1 aromatic carbocycles. The van der Waals surface area contributed by atoms with E-state index in [9.17, 15) is 22.0 Å². The van der Waals surface area contributed by atoms with Crippen molar-refractivity contribution < 1.29 is 22.0 Å². The molecule has 1 amide bonds. The van der Waals surface area contributed by atoms with Gasteiger partial charge in [-0.15, -0.1) is 11.3 Å². The molecule has 0 bridgehead atoms. The van der Waals surface area contributed by atoms with Crippen molar-refractivity contribution in [3.05, 3.63) is 52.9 Å². The SMILES string of the molecule is O=C(c1ccc(F)cc1F)N1CCC(NS(=O)(=O)c2cccs2)CC1. The molecule has 9 heteroatoms. The van der Waals surface area contributed by atoms with Gasteiger partial charge in [0.25, 0.3) is 5.91 Å². The smallest absolute Gasteiger partial charge is 0.256 e. The van der Waals surface area contributed by atoms with E-state index in [-0.39, 0.29) is 15.8 Å². The molecule has 2 aromatic rings. The predicted molar refractivity (Wildman–Crippen MR) is 89.9 cm³/mol. The number of nitrogens with zero attached hydrogens (tertiary/aromatic N) is 1. The van der Waals surface area contributed by atoms with Crippen molar-refractivity contribution in [2.24, 2.45) is 0 Å². The first-order chi connectivity index (χ1) is 11.9. The van der Waals surface area contributed by atoms with E-state index < -0.39 is 27.6 Å². The van der Waals surface area contributed by atoms with Crippen molar-refractivity contribution in [1.82, 2.24) is 9.62 Å². The molecule has 0 aliphatic carbocycles. The molecule has 1 aliphatic rings. The average molecular weight is 386 g/mol. The highest BCUT2D eigenvalue weighted by Crippen LogP contribution is 2.20. The summed E-state index contributed by atoms with van der Waals surface area (Å²) in [6, 6.07) is 5.75. The van der Waals surface area contributed by atoms with Crippen LogP contribution in [0.15, 0.2) is 39.9 Å². The van der Waals surface area contributed by atoms with Crippen molar-refractivity contribution in [1.29, 1.82) is 0 Å². The number of sulfonamides is 1. The first-order valence-corrected chi connectivity index (χ1v) is 10.0. The maximum absolute atomic E-state index is 13.7. The Labute approximate surface area is 148 Å². The van der Waals surface area contributed by atoms with Gasteiger partial charge in [0.1, 0.15) is 15.8 Å². The highest BCUT2D eigenvalue weighted by molar-refractivity contribution is 7.91. The van der Waals surface area contributed by atoms with Crippen LogP contribution in [-0.2, 0) is 10.0 Å². The third-order valence-electron chi connectivity index (χ3n) is 4.03. The number of nitrogens with one attached hydrogen (secondary N) is 1. The van der Waals surface area contributed by atoms with Crippen LogP contribution in [0.2, 0.25) is 0 Å². The molecular weight excluding hydrogens is 370 g/mol. The molecule has 25 heavy (non-hydrogen) atoms. The van der Waals surface area contributed by atoms with E-state index in [1.165, 1.54) is 11.0 Å². The second-order valence-electron chi connectivity index (χ2n) is 5.74. The van der Waals surface area contributed by atoms with Crippen molar-refractivity contribution >= 4 is 27.3 Å². The highest BCUT2D eigenvalue weighted by atomic mass is 32.2. The first kappa shape index (κ1) is 18.0. The normalized spacial score (nSPS) is 16.2. The average Bonchev–Trinajstić information content (AvgIpc) is 3.10. The third kappa shape index (κ3) is 4.05. The number of benzene rings is 1. The predicted octanol–water partition coefficient (Wildman–Crippen LogP) is 2.61. The monoisotopic (exact) mass is 386 g/mol. The quantitative estimate of drug-likeness (QED) is 0.878. The minimum Gasteiger partial charge on any atom is -0.338 e. The van der Waals surface area contributed by atoms with Crippen molar-refractivity contribution in [3.63, 3.8) is 0 Å². The number of amides is 1. The summed E-state index contributed by atoms with van der Waals surface area (Å²) in [6.07, 6.45) is 0.859. The van der Waals surface area contributed by atoms with Crippen LogP contribution in [0, 0.1) is 11.6 Å². The molecule has 1 aromatic heterocycles. The summed E-state index contributed by atoms with van der Waals surface area (Å²) in [5.74, 6) is -2.15. The number of rotatable bonds is 4. The topological polar surface area (TPSA) is 66.5 Å². The van der Waals surface area contributed by atoms with Gasteiger partial charge in [0.05, 0.1) is 5.56 Å². The van der Waals surface area contributed by atoms with Gasteiger partial charge in [-0.3, -0.25) is 4.79 Å². The van der Waals surface area contributed by atoms with Crippen LogP contribution >= 0.6 is 11.3 Å². The van der Waals surface area contributed by atoms with Gasteiger partial charge in [0, 0.05) is 25.2 Å². The lowest BCUT2D eigenvalue weighted by Crippen LogP contribution is -2.46. The summed E-state index contributed by atoms with van der Waals surface area (Å²) in [7, 11) is -3.55. The molecule has 1 saturated heterocycles. The molecule has 0 radical (unpaired) electrons. The Balaban J connectivity index is 1.61. The zero-order chi connectivity index (χ0) is 18.0. The Morgan fingerprint density at radius 3 is 2.52 bits per heavy atom. The lowest BCUT2D eigenvalue weighted by molar-refractivity contribution is 0.0706. The van der Waals surface area contributed by atoms with Gasteiger partial charge in [-0.25, -0.2) is 21.9 Å². The summed E-state index contributed by atoms with van der Waals surface area (Å²) >= 11 is 1.14. The summed E-state index contributed by atoms with van der Waals surface area (Å²) in [6.45, 7) is 0.598. The molecular formula is C16H16F2N2O3S2. The maximum atomic E-state index is 13.7. The van der Waals surface area contributed by atoms with Crippen LogP contribution in [0.1, 0.15) is 23.2 Å². The van der Waals surface area contributed by atoms with Crippen molar-refractivity contribution in [3.8, 4) is 0 Å². The van der Waals surface area contributed by atoms with Crippen LogP contribution < -0.4 is 4.72 Å². The summed E-state index contributed by atoms with van der Waals surface area (Å²) < 4.78 is 54.0. The lowest BCUT2D eigenvalue weighted by Gasteiger charge is -2.32. The molecule has 2 heterocycles. The molecule has 0 spiro atoms. The van der Waals surface area contributed by atoms with E-state index in [0.717, 1.165) is 23.5 Å². The lowest BCUT2D eigenvalue weighted by atomic mass is 10.0. The fourth-order valence-corrected chi connectivity index (χ4v) is 5.04. The molecule has 5 nitrogen and oxygen atoms in total. The van der Waals surface area contributed by atoms with Crippen LogP contribution in [0.3, 0.4) is 0 Å². The Bertz CT molecular complexity index is 862. The van der Waals surface area contributed by atoms with Crippen LogP contribution in [0.5, 0.6) is 0 Å². The fourth-order valence-electron chi connectivity index (χ4n) is 2.73. The Hall–Kier alpha value is -1.84. The number of hydrogen-bond acceptors (Lipinski definition) is 4. The largest absolute Gasteiger partial charge is 0.338 e. The van der Waals surface area contributed by atoms with Crippen molar-refractivity contribution in [2.75, 3.05) is 13.1 Å². The number of halogens is 2. The zero-order valence-electron chi connectivity index (χ0n) is 13.1. The summed E-state index contributed by atoms with van der Waals surface area (Å²) in [4.78, 5) is 13.8. The number of carbonyl (C=O) groups excluding carboxylic acids is 1. The highest BCUT2D eigenvalue weighted by Gasteiger charge is 2.28. The minimum atomic E-state index is -3.55. The molecule has 0 unspecified atom stereocenters. The Morgan fingerprint density at radius 2 is 1.92 bits per heavy atom. The van der Waals surface area contributed by atoms with Crippen LogP contribution in [0.25, 0.3) is 0 Å². The van der Waals surface area contributed by atoms with Gasteiger partial charge in [-0.1, -0.05) is 6.07 Å². The van der Waals surface area contributed by atoms with Crippen LogP contribution in [0.4, 0.5) is 8.78 Å². The molecule has 1 aliphatic heterocycles. The van der Waals surface area contributed by atoms with E-state index in [2.05, 4.69) is 4.72 Å². The maximum Gasteiger partial charge on any atom is 0.256 e. The van der Waals surface area contributed by atoms with E-state index in [4.69, 9.17) is 0 Å². The molecule has 3 rings (SSSR count). The number of thiophene rings is 1. The Kier molecular flexibility index (Phi) is 5.16. The second-order valence-corrected chi connectivity index (χ2v) is 8.63. The van der Waals surface area contributed by atoms with Gasteiger partial charge < -0.3 is 4.90 Å². The van der Waals surface area contributed by atoms with E-state index in [1.807, 2.05) is 0 Å². The van der Waals surface area contributed by atoms with Crippen molar-refractivity contribution in [2.45, 2.75) is 23.1 Å². The van der Waals surface area contributed by atoms with Gasteiger partial charge in [-0.05, 0) is 36.4 Å². The van der Waals surface area contributed by atoms with Gasteiger partial charge in [0.15, 0.2) is 0 Å². The van der Waals surface area contributed by atoms with Gasteiger partial charge in [-0.2, -0.15) is 0 Å². The zero-order valence-corrected chi connectivity index (χ0v) is 14.7. The molecule has 0 saturated carbocycles. The summed E-state index contributed by atoms with van der Waals surface area (Å²) in [5, 5.41) is 1.69. The van der Waals surface area contributed by atoms with Crippen LogP contribution in [-0.4, -0.2) is 38.4 Å². The number of hydrogen-bond donors (Lipinski definition) is 1. The van der Waals surface area contributed by atoms with Gasteiger partial charge >= 0.3 is 0 Å². The third-order valence-corrected chi connectivity index (χ3v) is 6.94. The number of carbonyl (C=O) groups is 1. The van der Waals surface area contributed by atoms with E-state index in [0.29, 0.717) is 32.0 Å². The molecule has 0 atom stereocenters. The fraction of sp³-hybridized carbons (Fsp3) is 0.312. The van der Waals surface area contributed by atoms with E-state index >= 15 is 0 Å². The standard InChI is InChI=1S/C16H16F2N2O3S2/c17-11-3-4-13(14(18)10-11)16(21)20-7-5-12(6-8-20)19-25(22,23)15-2-1-9-24-15/h1-4,9-10,12,19H,5-8H2. The minimum absolute atomic E-state index is 0.181. The van der Waals surface area contributed by atoms with E-state index in [1.54, 1.807) is 11.4 Å². The molecule has 1 fully saturated rings. The van der Waals surface area contributed by atoms with Gasteiger partial charge in [0.2, 0.25) is 10.0 Å². The summed E-state index contributed by atoms with van der Waals surface area (Å²) in [5.41, 5.74) is -0.181. The first-order valence-electron chi connectivity index (χ1n) is 7.67. The number of piperidine rings is 1. The Morgan fingerprint density at radius 1 is 1.20 bits per heavy atom. The number of likely N-dealkylation sites (tertiary alicyclic amines) is 1. The second kappa shape index (κ2) is 7.19. The molecule has 1 N–H and O–H groups in total.